The van der Waals surface area contributed by atoms with E-state index >= 15 is 0 Å². The number of nitrogens with zero attached hydrogens (tertiary/aromatic N) is 5. The number of urea groups is 1. The molecule has 8 nitrogen and oxygen atoms in total. The zero-order chi connectivity index (χ0) is 16.5. The van der Waals surface area contributed by atoms with E-state index in [1.807, 2.05) is 18.2 Å². The van der Waals surface area contributed by atoms with Crippen molar-refractivity contribution < 1.29 is 9.32 Å². The highest BCUT2D eigenvalue weighted by atomic mass is 32.1. The summed E-state index contributed by atoms with van der Waals surface area (Å²) in [5.74, 6) is 1.07. The van der Waals surface area contributed by atoms with Gasteiger partial charge in [-0.05, 0) is 38.3 Å². The van der Waals surface area contributed by atoms with Crippen LogP contribution in [0.3, 0.4) is 0 Å². The summed E-state index contributed by atoms with van der Waals surface area (Å²) >= 11 is 1.13. The van der Waals surface area contributed by atoms with Gasteiger partial charge in [0.15, 0.2) is 5.82 Å². The number of fused-ring (bicyclic) bond motifs is 1. The second kappa shape index (κ2) is 6.16. The first-order valence-corrected chi connectivity index (χ1v) is 8.54. The molecule has 3 aromatic rings. The van der Waals surface area contributed by atoms with E-state index in [0.717, 1.165) is 36.5 Å². The van der Waals surface area contributed by atoms with Crippen LogP contribution in [0.2, 0.25) is 0 Å². The summed E-state index contributed by atoms with van der Waals surface area (Å²) in [5, 5.41) is 6.79. The van der Waals surface area contributed by atoms with Crippen molar-refractivity contribution in [3.05, 3.63) is 29.9 Å². The molecule has 4 rings (SSSR count). The number of anilines is 1. The Labute approximate surface area is 142 Å². The fourth-order valence-corrected chi connectivity index (χ4v) is 3.52. The van der Waals surface area contributed by atoms with Crippen LogP contribution in [0.5, 0.6) is 0 Å². The summed E-state index contributed by atoms with van der Waals surface area (Å²) in [6.45, 7) is 2.43. The number of hydrogen-bond acceptors (Lipinski definition) is 7. The maximum atomic E-state index is 12.8. The van der Waals surface area contributed by atoms with Crippen molar-refractivity contribution in [1.82, 2.24) is 23.8 Å². The minimum atomic E-state index is -0.187. The summed E-state index contributed by atoms with van der Waals surface area (Å²) in [7, 11) is 0. The van der Waals surface area contributed by atoms with Gasteiger partial charge in [0.1, 0.15) is 17.1 Å². The zero-order valence-corrected chi connectivity index (χ0v) is 13.9. The summed E-state index contributed by atoms with van der Waals surface area (Å²) in [6.07, 6.45) is 2.80. The molecule has 1 aromatic carbocycles. The standard InChI is InChI=1S/C15H16N6O2S/c1-9-16-14(23-18-9)12-7-2-3-8-21(12)15(22)17-10-5-4-6-11-13(10)20-24-19-11/h4-6,12H,2-3,7-8H2,1H3,(H,17,22)/t12-/m1/s1. The molecule has 24 heavy (non-hydrogen) atoms. The Bertz CT molecular complexity index is 876. The first-order chi connectivity index (χ1) is 11.7. The Morgan fingerprint density at radius 3 is 3.12 bits per heavy atom. The zero-order valence-electron chi connectivity index (χ0n) is 13.1. The number of hydrogen-bond donors (Lipinski definition) is 1. The number of benzene rings is 1. The quantitative estimate of drug-likeness (QED) is 0.767. The molecule has 0 spiro atoms. The highest BCUT2D eigenvalue weighted by Gasteiger charge is 2.32. The number of rotatable bonds is 2. The normalized spacial score (nSPS) is 18.0. The Morgan fingerprint density at radius 1 is 1.38 bits per heavy atom. The Kier molecular flexibility index (Phi) is 3.85. The lowest BCUT2D eigenvalue weighted by Crippen LogP contribution is -2.41. The van der Waals surface area contributed by atoms with Gasteiger partial charge in [0.2, 0.25) is 5.89 Å². The number of nitrogens with one attached hydrogen (secondary N) is 1. The smallest absolute Gasteiger partial charge is 0.322 e. The monoisotopic (exact) mass is 344 g/mol. The molecule has 0 bridgehead atoms. The lowest BCUT2D eigenvalue weighted by molar-refractivity contribution is 0.142. The van der Waals surface area contributed by atoms with Crippen molar-refractivity contribution in [3.63, 3.8) is 0 Å². The van der Waals surface area contributed by atoms with Crippen LogP contribution in [0.25, 0.3) is 11.0 Å². The van der Waals surface area contributed by atoms with Crippen LogP contribution >= 0.6 is 11.7 Å². The van der Waals surface area contributed by atoms with Gasteiger partial charge in [-0.1, -0.05) is 11.2 Å². The maximum Gasteiger partial charge on any atom is 0.322 e. The summed E-state index contributed by atoms with van der Waals surface area (Å²) in [4.78, 5) is 18.9. The van der Waals surface area contributed by atoms with Gasteiger partial charge in [-0.15, -0.1) is 0 Å². The molecule has 0 aliphatic carbocycles. The number of carbonyl (C=O) groups is 1. The first kappa shape index (κ1) is 15.0. The lowest BCUT2D eigenvalue weighted by Gasteiger charge is -2.33. The third kappa shape index (κ3) is 2.71. The molecule has 1 aliphatic rings. The van der Waals surface area contributed by atoms with Crippen molar-refractivity contribution in [3.8, 4) is 0 Å². The predicted molar refractivity (Wildman–Crippen MR) is 88.8 cm³/mol. The van der Waals surface area contributed by atoms with E-state index < -0.39 is 0 Å². The molecular formula is C15H16N6O2S. The molecule has 2 aromatic heterocycles. The van der Waals surface area contributed by atoms with E-state index in [9.17, 15) is 4.79 Å². The average Bonchev–Trinajstić information content (AvgIpc) is 3.24. The van der Waals surface area contributed by atoms with E-state index in [1.54, 1.807) is 11.8 Å². The third-order valence-corrected chi connectivity index (χ3v) is 4.66. The van der Waals surface area contributed by atoms with E-state index in [0.29, 0.717) is 29.5 Å². The number of carbonyl (C=O) groups excluding carboxylic acids is 1. The van der Waals surface area contributed by atoms with Crippen LogP contribution in [-0.2, 0) is 0 Å². The van der Waals surface area contributed by atoms with Gasteiger partial charge >= 0.3 is 6.03 Å². The van der Waals surface area contributed by atoms with Gasteiger partial charge < -0.3 is 14.7 Å². The lowest BCUT2D eigenvalue weighted by atomic mass is 10.0. The van der Waals surface area contributed by atoms with Crippen molar-refractivity contribution in [2.75, 3.05) is 11.9 Å². The molecule has 1 aliphatic heterocycles. The minimum absolute atomic E-state index is 0.184. The summed E-state index contributed by atoms with van der Waals surface area (Å²) < 4.78 is 13.7. The predicted octanol–water partition coefficient (Wildman–Crippen LogP) is 3.14. The molecule has 3 heterocycles. The molecule has 9 heteroatoms. The maximum absolute atomic E-state index is 12.8. The van der Waals surface area contributed by atoms with Crippen LogP contribution in [0.4, 0.5) is 10.5 Å². The van der Waals surface area contributed by atoms with E-state index in [1.165, 1.54) is 0 Å². The molecule has 1 N–H and O–H groups in total. The molecule has 124 valence electrons. The Balaban J connectivity index is 1.59. The fraction of sp³-hybridized carbons (Fsp3) is 0.400. The third-order valence-electron chi connectivity index (χ3n) is 4.12. The highest BCUT2D eigenvalue weighted by Crippen LogP contribution is 2.31. The molecule has 2 amide bonds. The molecular weight excluding hydrogens is 328 g/mol. The first-order valence-electron chi connectivity index (χ1n) is 7.81. The molecule has 1 fully saturated rings. The number of amides is 2. The Morgan fingerprint density at radius 2 is 2.29 bits per heavy atom. The highest BCUT2D eigenvalue weighted by molar-refractivity contribution is 7.00. The summed E-state index contributed by atoms with van der Waals surface area (Å²) in [6, 6.07) is 5.19. The van der Waals surface area contributed by atoms with E-state index in [-0.39, 0.29) is 12.1 Å². The van der Waals surface area contributed by atoms with Crippen LogP contribution in [0.15, 0.2) is 22.7 Å². The van der Waals surface area contributed by atoms with Crippen LogP contribution < -0.4 is 5.32 Å². The van der Waals surface area contributed by atoms with Gasteiger partial charge in [0.25, 0.3) is 0 Å². The second-order valence-electron chi connectivity index (χ2n) is 5.75. The van der Waals surface area contributed by atoms with Gasteiger partial charge in [-0.25, -0.2) is 4.79 Å². The summed E-state index contributed by atoms with van der Waals surface area (Å²) in [5.41, 5.74) is 2.15. The molecule has 0 radical (unpaired) electrons. The van der Waals surface area contributed by atoms with Crippen LogP contribution in [0, 0.1) is 6.92 Å². The van der Waals surface area contributed by atoms with Gasteiger partial charge in [-0.2, -0.15) is 13.7 Å². The van der Waals surface area contributed by atoms with Gasteiger partial charge in [0.05, 0.1) is 17.4 Å². The average molecular weight is 344 g/mol. The number of aromatic nitrogens is 4. The second-order valence-corrected chi connectivity index (χ2v) is 6.28. The van der Waals surface area contributed by atoms with Crippen molar-refractivity contribution in [1.29, 1.82) is 0 Å². The van der Waals surface area contributed by atoms with Gasteiger partial charge in [0, 0.05) is 6.54 Å². The van der Waals surface area contributed by atoms with Crippen LogP contribution in [-0.4, -0.2) is 36.4 Å². The molecule has 0 unspecified atom stereocenters. The van der Waals surface area contributed by atoms with Crippen molar-refractivity contribution >= 4 is 34.5 Å². The van der Waals surface area contributed by atoms with E-state index in [2.05, 4.69) is 24.2 Å². The number of piperidine rings is 1. The number of aryl methyl sites for hydroxylation is 1. The SMILES string of the molecule is Cc1noc([C@H]2CCCCN2C(=O)Nc2cccc3nsnc23)n1. The van der Waals surface area contributed by atoms with Crippen LogP contribution in [0.1, 0.15) is 37.0 Å². The molecule has 1 atom stereocenters. The minimum Gasteiger partial charge on any atom is -0.337 e. The molecule has 1 saturated heterocycles. The van der Waals surface area contributed by atoms with E-state index in [4.69, 9.17) is 4.52 Å². The number of likely N-dealkylation sites (tertiary alicyclic amines) is 1. The molecule has 0 saturated carbocycles. The fourth-order valence-electron chi connectivity index (χ4n) is 2.97. The van der Waals surface area contributed by atoms with Gasteiger partial charge in [-0.3, -0.25) is 0 Å². The topological polar surface area (TPSA) is 97.0 Å². The van der Waals surface area contributed by atoms with Crippen molar-refractivity contribution in [2.24, 2.45) is 0 Å². The Hall–Kier alpha value is -2.55. The largest absolute Gasteiger partial charge is 0.337 e. The van der Waals surface area contributed by atoms with Crippen molar-refractivity contribution in [2.45, 2.75) is 32.2 Å².